The van der Waals surface area contributed by atoms with E-state index in [4.69, 9.17) is 9.79 Å². The first-order valence-electron chi connectivity index (χ1n) is 2.69. The summed E-state index contributed by atoms with van der Waals surface area (Å²) in [5.41, 5.74) is 0. The molecule has 0 bridgehead atoms. The van der Waals surface area contributed by atoms with Crippen LogP contribution in [0.2, 0.25) is 0 Å². The minimum atomic E-state index is -4.25. The summed E-state index contributed by atoms with van der Waals surface area (Å²) in [5.74, 6) is 0. The second kappa shape index (κ2) is 8.34. The Morgan fingerprint density at radius 2 is 1.91 bits per heavy atom. The number of phosphoric ester groups is 1. The van der Waals surface area contributed by atoms with Crippen LogP contribution in [-0.4, -0.2) is 37.4 Å². The van der Waals surface area contributed by atoms with Gasteiger partial charge in [0.2, 0.25) is 0 Å². The molecule has 0 aromatic heterocycles. The number of hydrogen-bond acceptors (Lipinski definition) is 3. The van der Waals surface area contributed by atoms with Crippen molar-refractivity contribution in [1.29, 1.82) is 0 Å². The van der Waals surface area contributed by atoms with E-state index in [-0.39, 0.29) is 6.61 Å². The van der Waals surface area contributed by atoms with Gasteiger partial charge in [-0.1, -0.05) is 6.08 Å². The van der Waals surface area contributed by atoms with Crippen molar-refractivity contribution in [2.45, 2.75) is 0 Å². The summed E-state index contributed by atoms with van der Waals surface area (Å²) in [5, 5.41) is 0. The van der Waals surface area contributed by atoms with Gasteiger partial charge in [0.15, 0.2) is 0 Å². The van der Waals surface area contributed by atoms with Crippen molar-refractivity contribution in [3.63, 3.8) is 0 Å². The summed E-state index contributed by atoms with van der Waals surface area (Å²) in [4.78, 5) is 16.0. The largest absolute Gasteiger partial charge is 0.471 e. The van der Waals surface area contributed by atoms with Gasteiger partial charge in [-0.05, 0) is 0 Å². The third-order valence-corrected chi connectivity index (χ3v) is 0.846. The van der Waals surface area contributed by atoms with Crippen molar-refractivity contribution in [2.75, 3.05) is 6.61 Å². The summed E-state index contributed by atoms with van der Waals surface area (Å²) >= 11 is 0. The van der Waals surface area contributed by atoms with Gasteiger partial charge in [0.1, 0.15) is 21.0 Å². The lowest BCUT2D eigenvalue weighted by Gasteiger charge is -1.98. The maximum Gasteiger partial charge on any atom is 0.469 e. The molecule has 0 aromatic rings. The molecule has 0 rings (SSSR count). The molecule has 0 spiro atoms. The number of hydrogen-bond donors (Lipinski definition) is 2. The highest BCUT2D eigenvalue weighted by Crippen LogP contribution is 2.35. The molecule has 0 aromatic carbocycles. The minimum Gasteiger partial charge on any atom is -0.471 e. The van der Waals surface area contributed by atoms with Crippen molar-refractivity contribution in [3.05, 3.63) is 12.7 Å². The SMILES string of the molecule is C=CCOP(=O)(O)O.[SiH3]O[SiH3]. The van der Waals surface area contributed by atoms with E-state index in [1.165, 1.54) is 6.08 Å². The van der Waals surface area contributed by atoms with Crippen LogP contribution in [0.5, 0.6) is 0 Å². The zero-order chi connectivity index (χ0) is 9.33. The lowest BCUT2D eigenvalue weighted by atomic mass is 10.7. The Balaban J connectivity index is 0. The van der Waals surface area contributed by atoms with Crippen LogP contribution in [0, 0.1) is 0 Å². The summed E-state index contributed by atoms with van der Waals surface area (Å²) < 4.78 is 18.3. The van der Waals surface area contributed by atoms with Crippen LogP contribution in [-0.2, 0) is 13.2 Å². The molecule has 0 aliphatic rings. The molecule has 0 saturated heterocycles. The van der Waals surface area contributed by atoms with Crippen molar-refractivity contribution < 1.29 is 23.0 Å². The molecule has 0 heterocycles. The molecular formula is C3H13O5PSi2. The van der Waals surface area contributed by atoms with E-state index in [0.29, 0.717) is 0 Å². The van der Waals surface area contributed by atoms with E-state index in [9.17, 15) is 4.57 Å². The van der Waals surface area contributed by atoms with E-state index in [2.05, 4.69) is 15.2 Å². The highest BCUT2D eigenvalue weighted by atomic mass is 31.2. The number of rotatable bonds is 3. The lowest BCUT2D eigenvalue weighted by molar-refractivity contribution is 0.216. The zero-order valence-corrected chi connectivity index (χ0v) is 11.5. The van der Waals surface area contributed by atoms with Gasteiger partial charge in [-0.15, -0.1) is 6.58 Å². The molecule has 5 nitrogen and oxygen atoms in total. The average Bonchev–Trinajstić information content (AvgIpc) is 1.84. The maximum atomic E-state index is 9.81. The van der Waals surface area contributed by atoms with Crippen LogP contribution in [0.15, 0.2) is 12.7 Å². The smallest absolute Gasteiger partial charge is 0.469 e. The molecule has 8 heteroatoms. The van der Waals surface area contributed by atoms with E-state index in [0.717, 1.165) is 21.0 Å². The zero-order valence-electron chi connectivity index (χ0n) is 6.56. The monoisotopic (exact) mass is 216 g/mol. The van der Waals surface area contributed by atoms with Crippen LogP contribution < -0.4 is 0 Å². The van der Waals surface area contributed by atoms with E-state index in [1.54, 1.807) is 0 Å². The molecule has 0 atom stereocenters. The predicted octanol–water partition coefficient (Wildman–Crippen LogP) is -2.15. The standard InChI is InChI=1S/C3H7O4P.H6OSi2/c1-2-3-7-8(4,5)6;2-1-3/h2H,1,3H2,(H2,4,5,6);2-3H3. The molecule has 2 N–H and O–H groups in total. The van der Waals surface area contributed by atoms with Gasteiger partial charge in [-0.25, -0.2) is 4.57 Å². The molecule has 0 unspecified atom stereocenters. The van der Waals surface area contributed by atoms with Gasteiger partial charge in [0, 0.05) is 0 Å². The second-order valence-corrected chi connectivity index (χ2v) is 5.99. The van der Waals surface area contributed by atoms with Gasteiger partial charge in [0.25, 0.3) is 0 Å². The van der Waals surface area contributed by atoms with E-state index < -0.39 is 7.82 Å². The fourth-order valence-corrected chi connectivity index (χ4v) is 0.449. The van der Waals surface area contributed by atoms with Gasteiger partial charge in [-0.2, -0.15) is 0 Å². The Labute approximate surface area is 71.7 Å². The highest BCUT2D eigenvalue weighted by molar-refractivity contribution is 7.46. The molecule has 0 amide bonds. The quantitative estimate of drug-likeness (QED) is 0.319. The van der Waals surface area contributed by atoms with Gasteiger partial charge in [0.05, 0.1) is 6.61 Å². The van der Waals surface area contributed by atoms with Crippen LogP contribution in [0.1, 0.15) is 0 Å². The van der Waals surface area contributed by atoms with E-state index >= 15 is 0 Å². The van der Waals surface area contributed by atoms with Crippen molar-refractivity contribution in [2.24, 2.45) is 0 Å². The normalized spacial score (nSPS) is 10.4. The van der Waals surface area contributed by atoms with Crippen molar-refractivity contribution in [1.82, 2.24) is 0 Å². The fraction of sp³-hybridized carbons (Fsp3) is 0.333. The van der Waals surface area contributed by atoms with Crippen molar-refractivity contribution >= 4 is 28.8 Å². The first-order valence-corrected chi connectivity index (χ1v) is 5.85. The Morgan fingerprint density at radius 1 is 1.55 bits per heavy atom. The average molecular weight is 216 g/mol. The summed E-state index contributed by atoms with van der Waals surface area (Å²) in [6.07, 6.45) is 1.26. The third kappa shape index (κ3) is 25.3. The molecule has 0 aliphatic carbocycles. The Hall–Kier alpha value is 0.244. The first kappa shape index (κ1) is 13.8. The fourth-order valence-electron chi connectivity index (χ4n) is 0.150. The Morgan fingerprint density at radius 3 is 2.00 bits per heavy atom. The summed E-state index contributed by atoms with van der Waals surface area (Å²) in [6, 6.07) is 0. The molecular weight excluding hydrogens is 203 g/mol. The van der Waals surface area contributed by atoms with Crippen LogP contribution >= 0.6 is 7.82 Å². The lowest BCUT2D eigenvalue weighted by Crippen LogP contribution is -1.86. The molecule has 0 fully saturated rings. The topological polar surface area (TPSA) is 76.0 Å². The molecule has 68 valence electrons. The molecule has 0 radical (unpaired) electrons. The molecule has 0 aliphatic heterocycles. The van der Waals surface area contributed by atoms with E-state index in [1.807, 2.05) is 0 Å². The predicted molar refractivity (Wildman–Crippen MR) is 49.2 cm³/mol. The van der Waals surface area contributed by atoms with Gasteiger partial charge >= 0.3 is 7.82 Å². The summed E-state index contributed by atoms with van der Waals surface area (Å²) in [6.45, 7) is 3.07. The second-order valence-electron chi connectivity index (χ2n) is 1.48. The van der Waals surface area contributed by atoms with Crippen molar-refractivity contribution in [3.8, 4) is 0 Å². The van der Waals surface area contributed by atoms with Crippen LogP contribution in [0.25, 0.3) is 0 Å². The Kier molecular flexibility index (Phi) is 10.5. The Bertz CT molecular complexity index is 134. The third-order valence-electron chi connectivity index (χ3n) is 0.361. The first-order chi connectivity index (χ1) is 4.97. The minimum absolute atomic E-state index is 0.121. The maximum absolute atomic E-state index is 9.81. The molecule has 11 heavy (non-hydrogen) atoms. The van der Waals surface area contributed by atoms with Crippen LogP contribution in [0.4, 0.5) is 0 Å². The number of phosphoric acid groups is 1. The summed E-state index contributed by atoms with van der Waals surface area (Å²) in [7, 11) is -2.39. The van der Waals surface area contributed by atoms with Crippen LogP contribution in [0.3, 0.4) is 0 Å². The van der Waals surface area contributed by atoms with Gasteiger partial charge in [-0.3, -0.25) is 4.52 Å². The highest BCUT2D eigenvalue weighted by Gasteiger charge is 2.10. The van der Waals surface area contributed by atoms with Gasteiger partial charge < -0.3 is 13.9 Å². The molecule has 0 saturated carbocycles.